The molecule has 0 saturated carbocycles. The van der Waals surface area contributed by atoms with Crippen LogP contribution in [0.25, 0.3) is 0 Å². The van der Waals surface area contributed by atoms with Gasteiger partial charge in [-0.25, -0.2) is 0 Å². The van der Waals surface area contributed by atoms with E-state index in [0.29, 0.717) is 0 Å². The molecule has 1 fully saturated rings. The van der Waals surface area contributed by atoms with Crippen LogP contribution in [0.3, 0.4) is 0 Å². The molecular formula is C8H16N2. The van der Waals surface area contributed by atoms with E-state index in [1.807, 2.05) is 0 Å². The lowest BCUT2D eigenvalue weighted by atomic mass is 10.1. The summed E-state index contributed by atoms with van der Waals surface area (Å²) in [6, 6.07) is 0.920. The molecule has 1 aliphatic heterocycles. The fraction of sp³-hybridized carbons (Fsp3) is 0.875. The van der Waals surface area contributed by atoms with Gasteiger partial charge in [0.1, 0.15) is 0 Å². The summed E-state index contributed by atoms with van der Waals surface area (Å²) in [4.78, 5) is 1.72. The van der Waals surface area contributed by atoms with Gasteiger partial charge in [0.25, 0.3) is 0 Å². The Morgan fingerprint density at radius 3 is 2.30 bits per heavy atom. The predicted octanol–water partition coefficient (Wildman–Crippen LogP) is 0.170. The summed E-state index contributed by atoms with van der Waals surface area (Å²) in [6.07, 6.45) is 4.33. The Bertz CT molecular complexity index is 88.7. The van der Waals surface area contributed by atoms with Crippen LogP contribution in [0.1, 0.15) is 26.2 Å². The molecule has 0 amide bonds. The zero-order chi connectivity index (χ0) is 7.98. The zero-order valence-corrected chi connectivity index (χ0v) is 6.85. The minimum Gasteiger partial charge on any atom is -0.512 e. The van der Waals surface area contributed by atoms with Crippen molar-refractivity contribution < 1.29 is 4.90 Å². The van der Waals surface area contributed by atoms with Gasteiger partial charge >= 0.3 is 0 Å². The second-order valence-corrected chi connectivity index (χ2v) is 2.99. The Hall–Kier alpha value is -0.550. The largest absolute Gasteiger partial charge is 0.512 e. The molecule has 0 aliphatic carbocycles. The van der Waals surface area contributed by atoms with E-state index < -0.39 is 0 Å². The number of likely N-dealkylation sites (tertiary alicyclic amines) is 1. The van der Waals surface area contributed by atoms with Crippen LogP contribution in [0.15, 0.2) is 0 Å². The zero-order valence-electron chi connectivity index (χ0n) is 6.85. The number of rotatable bonds is 0. The predicted molar refractivity (Wildman–Crippen MR) is 40.0 cm³/mol. The van der Waals surface area contributed by atoms with E-state index in [1.165, 1.54) is 25.8 Å². The quantitative estimate of drug-likeness (QED) is 0.477. The number of nitrogens with zero attached hydrogens (tertiary/aromatic N) is 1. The Balaban J connectivity index is 0.000000371. The summed E-state index contributed by atoms with van der Waals surface area (Å²) >= 11 is 0. The van der Waals surface area contributed by atoms with Crippen molar-refractivity contribution in [2.75, 3.05) is 13.6 Å². The first-order chi connectivity index (χ1) is 4.80. The van der Waals surface area contributed by atoms with Crippen molar-refractivity contribution in [1.82, 2.24) is 0 Å². The van der Waals surface area contributed by atoms with Gasteiger partial charge in [-0.05, 0) is 26.2 Å². The van der Waals surface area contributed by atoms with Crippen molar-refractivity contribution in [2.24, 2.45) is 0 Å². The summed E-state index contributed by atoms with van der Waals surface area (Å²) in [5.74, 6) is 0. The molecule has 1 N–H and O–H groups in total. The van der Waals surface area contributed by atoms with Gasteiger partial charge in [0.15, 0.2) is 0 Å². The van der Waals surface area contributed by atoms with Crippen LogP contribution in [-0.2, 0) is 0 Å². The van der Waals surface area contributed by atoms with E-state index in [-0.39, 0.29) is 0 Å². The molecule has 0 bridgehead atoms. The first kappa shape index (κ1) is 9.45. The fourth-order valence-corrected chi connectivity index (χ4v) is 1.35. The molecule has 58 valence electrons. The maximum absolute atomic E-state index is 6.25. The van der Waals surface area contributed by atoms with E-state index >= 15 is 0 Å². The molecule has 1 rings (SSSR count). The van der Waals surface area contributed by atoms with E-state index in [0.717, 1.165) is 6.04 Å². The van der Waals surface area contributed by atoms with E-state index in [2.05, 4.69) is 14.0 Å². The van der Waals surface area contributed by atoms with Crippen molar-refractivity contribution in [3.05, 3.63) is 6.57 Å². The molecule has 1 saturated heterocycles. The Morgan fingerprint density at radius 2 is 2.00 bits per heavy atom. The second kappa shape index (κ2) is 5.25. The standard InChI is InChI=1S/C7H15N.CN/c1-7-5-3-4-6-8(7)2;1-2/h7H,3-6H2,1-2H3;/q;-1/p+1. The van der Waals surface area contributed by atoms with Crippen molar-refractivity contribution in [1.29, 1.82) is 5.26 Å². The number of nitrogens with one attached hydrogen (secondary N) is 1. The van der Waals surface area contributed by atoms with E-state index in [4.69, 9.17) is 11.8 Å². The number of hydrogen-bond acceptors (Lipinski definition) is 1. The number of hydrogen-bond donors (Lipinski definition) is 1. The summed E-state index contributed by atoms with van der Waals surface area (Å²) in [5.41, 5.74) is 0. The highest BCUT2D eigenvalue weighted by molar-refractivity contribution is 4.53. The highest BCUT2D eigenvalue weighted by Gasteiger charge is 2.16. The van der Waals surface area contributed by atoms with Crippen molar-refractivity contribution >= 4 is 0 Å². The lowest BCUT2D eigenvalue weighted by molar-refractivity contribution is -0.909. The average Bonchev–Trinajstić information content (AvgIpc) is 2.00. The van der Waals surface area contributed by atoms with Crippen LogP contribution in [0, 0.1) is 11.8 Å². The summed E-state index contributed by atoms with van der Waals surface area (Å²) in [7, 11) is 2.30. The molecular weight excluding hydrogens is 124 g/mol. The van der Waals surface area contributed by atoms with Crippen LogP contribution in [0.4, 0.5) is 0 Å². The molecule has 1 aliphatic rings. The molecule has 2 heteroatoms. The molecule has 0 spiro atoms. The third-order valence-electron chi connectivity index (χ3n) is 2.30. The van der Waals surface area contributed by atoms with Gasteiger partial charge in [0.2, 0.25) is 0 Å². The monoisotopic (exact) mass is 140 g/mol. The molecule has 0 aromatic carbocycles. The molecule has 2 nitrogen and oxygen atoms in total. The van der Waals surface area contributed by atoms with Crippen LogP contribution >= 0.6 is 0 Å². The number of quaternary nitrogens is 1. The Labute approximate surface area is 63.4 Å². The van der Waals surface area contributed by atoms with E-state index in [1.54, 1.807) is 4.90 Å². The highest BCUT2D eigenvalue weighted by atomic mass is 15.1. The topological polar surface area (TPSA) is 28.2 Å². The van der Waals surface area contributed by atoms with Gasteiger partial charge < -0.3 is 16.7 Å². The lowest BCUT2D eigenvalue weighted by Crippen LogP contribution is -3.13. The van der Waals surface area contributed by atoms with Crippen LogP contribution < -0.4 is 4.90 Å². The van der Waals surface area contributed by atoms with Gasteiger partial charge in [-0.3, -0.25) is 0 Å². The van der Waals surface area contributed by atoms with Crippen molar-refractivity contribution in [3.8, 4) is 0 Å². The van der Waals surface area contributed by atoms with Gasteiger partial charge in [-0.2, -0.15) is 0 Å². The first-order valence-corrected chi connectivity index (χ1v) is 3.85. The molecule has 2 atom stereocenters. The first-order valence-electron chi connectivity index (χ1n) is 3.85. The Morgan fingerprint density at radius 1 is 1.40 bits per heavy atom. The fourth-order valence-electron chi connectivity index (χ4n) is 1.35. The Kier molecular flexibility index (Phi) is 4.96. The third-order valence-corrected chi connectivity index (χ3v) is 2.30. The van der Waals surface area contributed by atoms with Gasteiger partial charge in [-0.15, -0.1) is 0 Å². The highest BCUT2D eigenvalue weighted by Crippen LogP contribution is 2.00. The van der Waals surface area contributed by atoms with Gasteiger partial charge in [0.05, 0.1) is 19.6 Å². The lowest BCUT2D eigenvalue weighted by Gasteiger charge is -2.25. The van der Waals surface area contributed by atoms with Crippen LogP contribution in [0.5, 0.6) is 0 Å². The smallest absolute Gasteiger partial charge is 0.0844 e. The van der Waals surface area contributed by atoms with Crippen LogP contribution in [-0.4, -0.2) is 19.6 Å². The minimum atomic E-state index is 0.920. The minimum absolute atomic E-state index is 0.920. The summed E-state index contributed by atoms with van der Waals surface area (Å²) in [6.45, 7) is 8.48. The van der Waals surface area contributed by atoms with Gasteiger partial charge in [-0.1, -0.05) is 0 Å². The van der Waals surface area contributed by atoms with Crippen molar-refractivity contribution in [2.45, 2.75) is 32.2 Å². The molecule has 1 heterocycles. The molecule has 0 radical (unpaired) electrons. The van der Waals surface area contributed by atoms with Crippen LogP contribution in [0.2, 0.25) is 0 Å². The van der Waals surface area contributed by atoms with E-state index in [9.17, 15) is 0 Å². The normalized spacial score (nSPS) is 32.0. The number of piperidine rings is 1. The average molecular weight is 140 g/mol. The summed E-state index contributed by atoms with van der Waals surface area (Å²) < 4.78 is 0. The molecule has 10 heavy (non-hydrogen) atoms. The molecule has 0 aromatic rings. The van der Waals surface area contributed by atoms with Gasteiger partial charge in [0, 0.05) is 0 Å². The SMILES string of the molecule is CC1CCCC[NH+]1C.[C-]#N. The summed E-state index contributed by atoms with van der Waals surface area (Å²) in [5, 5.41) is 6.25. The van der Waals surface area contributed by atoms with Crippen molar-refractivity contribution in [3.63, 3.8) is 0 Å². The molecule has 0 aromatic heterocycles. The third kappa shape index (κ3) is 2.84. The second-order valence-electron chi connectivity index (χ2n) is 2.99. The molecule has 2 unspecified atom stereocenters. The maximum atomic E-state index is 6.25. The maximum Gasteiger partial charge on any atom is 0.0844 e.